The van der Waals surface area contributed by atoms with E-state index in [1.165, 1.54) is 5.06 Å². The Morgan fingerprint density at radius 1 is 1.85 bits per heavy atom. The van der Waals surface area contributed by atoms with Crippen LogP contribution < -0.4 is 5.32 Å². The minimum Gasteiger partial charge on any atom is -0.389 e. The van der Waals surface area contributed by atoms with Gasteiger partial charge in [-0.25, -0.2) is 0 Å². The van der Waals surface area contributed by atoms with Gasteiger partial charge in [0.25, 0.3) is 0 Å². The quantitative estimate of drug-likeness (QED) is 0.603. The number of aliphatic hydroxyl groups excluding tert-OH is 1. The molecule has 0 aliphatic carbocycles. The fourth-order valence-electron chi connectivity index (χ4n) is 1.22. The molecule has 76 valence electrons. The second kappa shape index (κ2) is 4.55. The van der Waals surface area contributed by atoms with Gasteiger partial charge in [-0.15, -0.1) is 0 Å². The number of carbonyl (C=O) groups excluding carboxylic acids is 1. The maximum atomic E-state index is 11.3. The first-order valence-corrected chi connectivity index (χ1v) is 4.50. The monoisotopic (exact) mass is 188 g/mol. The minimum absolute atomic E-state index is 0.0726. The van der Waals surface area contributed by atoms with Gasteiger partial charge >= 0.3 is 0 Å². The van der Waals surface area contributed by atoms with Crippen molar-refractivity contribution >= 4 is 5.91 Å². The number of carbonyl (C=O) groups is 1. The third-order valence-electron chi connectivity index (χ3n) is 1.99. The van der Waals surface area contributed by atoms with Crippen molar-refractivity contribution in [3.63, 3.8) is 0 Å². The lowest BCUT2D eigenvalue weighted by atomic mass is 10.3. The van der Waals surface area contributed by atoms with E-state index >= 15 is 0 Å². The summed E-state index contributed by atoms with van der Waals surface area (Å²) >= 11 is 0. The largest absolute Gasteiger partial charge is 0.389 e. The molecule has 1 saturated heterocycles. The van der Waals surface area contributed by atoms with Crippen LogP contribution in [0.3, 0.4) is 0 Å². The molecule has 1 amide bonds. The second-order valence-electron chi connectivity index (χ2n) is 3.12. The van der Waals surface area contributed by atoms with E-state index in [1.54, 1.807) is 6.92 Å². The number of amides is 1. The maximum absolute atomic E-state index is 11.3. The van der Waals surface area contributed by atoms with Crippen molar-refractivity contribution < 1.29 is 14.7 Å². The number of nitrogens with zero attached hydrogens (tertiary/aromatic N) is 1. The Balaban J connectivity index is 2.38. The zero-order valence-electron chi connectivity index (χ0n) is 7.99. The molecule has 0 aromatic heterocycles. The summed E-state index contributed by atoms with van der Waals surface area (Å²) in [5.74, 6) is -0.0726. The molecule has 1 aliphatic rings. The highest BCUT2D eigenvalue weighted by Gasteiger charge is 2.29. The van der Waals surface area contributed by atoms with Crippen LogP contribution in [0.2, 0.25) is 0 Å². The lowest BCUT2D eigenvalue weighted by molar-refractivity contribution is -0.158. The van der Waals surface area contributed by atoms with E-state index in [0.717, 1.165) is 0 Å². The van der Waals surface area contributed by atoms with Crippen LogP contribution in [-0.4, -0.2) is 47.9 Å². The number of hydroxylamine groups is 2. The summed E-state index contributed by atoms with van der Waals surface area (Å²) in [6, 6.07) is -0.336. The van der Waals surface area contributed by atoms with E-state index in [9.17, 15) is 4.79 Å². The van der Waals surface area contributed by atoms with Crippen LogP contribution in [0, 0.1) is 0 Å². The van der Waals surface area contributed by atoms with Gasteiger partial charge in [-0.1, -0.05) is 0 Å². The van der Waals surface area contributed by atoms with Crippen LogP contribution in [0.25, 0.3) is 0 Å². The normalized spacial score (nSPS) is 25.9. The van der Waals surface area contributed by atoms with Gasteiger partial charge in [0, 0.05) is 6.54 Å². The molecule has 0 saturated carbocycles. The molecule has 2 N–H and O–H groups in total. The van der Waals surface area contributed by atoms with Gasteiger partial charge in [0.15, 0.2) is 0 Å². The summed E-state index contributed by atoms with van der Waals surface area (Å²) in [6.45, 7) is 4.91. The SMILES string of the molecule is CCNC(=O)C(C)N1C[C@@H](O)CO1. The third-order valence-corrected chi connectivity index (χ3v) is 1.99. The average Bonchev–Trinajstić information content (AvgIpc) is 2.51. The fraction of sp³-hybridized carbons (Fsp3) is 0.875. The van der Waals surface area contributed by atoms with Crippen molar-refractivity contribution in [1.29, 1.82) is 0 Å². The highest BCUT2D eigenvalue weighted by Crippen LogP contribution is 2.09. The molecule has 5 nitrogen and oxygen atoms in total. The molecular formula is C8H16N2O3. The maximum Gasteiger partial charge on any atom is 0.239 e. The summed E-state index contributed by atoms with van der Waals surface area (Å²) in [5.41, 5.74) is 0. The molecule has 0 aromatic carbocycles. The van der Waals surface area contributed by atoms with Gasteiger partial charge < -0.3 is 10.4 Å². The number of likely N-dealkylation sites (N-methyl/N-ethyl adjacent to an activating group) is 1. The lowest BCUT2D eigenvalue weighted by Gasteiger charge is -2.20. The first-order chi connectivity index (χ1) is 6.15. The number of rotatable bonds is 3. The van der Waals surface area contributed by atoms with E-state index in [0.29, 0.717) is 13.1 Å². The van der Waals surface area contributed by atoms with E-state index in [2.05, 4.69) is 5.32 Å². The third kappa shape index (κ3) is 2.65. The second-order valence-corrected chi connectivity index (χ2v) is 3.12. The summed E-state index contributed by atoms with van der Waals surface area (Å²) in [4.78, 5) is 16.4. The summed E-state index contributed by atoms with van der Waals surface area (Å²) in [6.07, 6.45) is -0.475. The Kier molecular flexibility index (Phi) is 3.65. The van der Waals surface area contributed by atoms with Crippen LogP contribution >= 0.6 is 0 Å². The first kappa shape index (κ1) is 10.4. The van der Waals surface area contributed by atoms with E-state index in [4.69, 9.17) is 9.94 Å². The van der Waals surface area contributed by atoms with E-state index in [1.807, 2.05) is 6.92 Å². The molecule has 0 aromatic rings. The van der Waals surface area contributed by atoms with Crippen molar-refractivity contribution in [2.45, 2.75) is 26.0 Å². The molecule has 1 rings (SSSR count). The van der Waals surface area contributed by atoms with Crippen LogP contribution in [0.5, 0.6) is 0 Å². The molecule has 1 unspecified atom stereocenters. The van der Waals surface area contributed by atoms with Gasteiger partial charge in [0.05, 0.1) is 19.3 Å². The van der Waals surface area contributed by atoms with Crippen LogP contribution in [0.15, 0.2) is 0 Å². The van der Waals surface area contributed by atoms with Gasteiger partial charge in [-0.3, -0.25) is 9.63 Å². The molecule has 2 atom stereocenters. The van der Waals surface area contributed by atoms with Crippen LogP contribution in [-0.2, 0) is 9.63 Å². The van der Waals surface area contributed by atoms with Gasteiger partial charge in [-0.2, -0.15) is 5.06 Å². The van der Waals surface area contributed by atoms with Crippen molar-refractivity contribution in [1.82, 2.24) is 10.4 Å². The Morgan fingerprint density at radius 3 is 3.00 bits per heavy atom. The van der Waals surface area contributed by atoms with Crippen molar-refractivity contribution in [2.75, 3.05) is 19.7 Å². The summed E-state index contributed by atoms with van der Waals surface area (Å²) in [5, 5.41) is 13.4. The smallest absolute Gasteiger partial charge is 0.239 e. The fourth-order valence-corrected chi connectivity index (χ4v) is 1.22. The molecular weight excluding hydrogens is 172 g/mol. The van der Waals surface area contributed by atoms with Crippen molar-refractivity contribution in [3.05, 3.63) is 0 Å². The molecule has 0 radical (unpaired) electrons. The number of β-amino-alcohol motifs (C(OH)–C–C–N with tert-alkyl or cyclic N) is 1. The Hall–Kier alpha value is -0.650. The molecule has 5 heteroatoms. The zero-order chi connectivity index (χ0) is 9.84. The zero-order valence-corrected chi connectivity index (χ0v) is 7.99. The molecule has 1 heterocycles. The standard InChI is InChI=1S/C8H16N2O3/c1-3-9-8(12)6(2)10-4-7(11)5-13-10/h6-7,11H,3-5H2,1-2H3,(H,9,12)/t6?,7-/m1/s1. The molecule has 13 heavy (non-hydrogen) atoms. The first-order valence-electron chi connectivity index (χ1n) is 4.50. The number of nitrogens with one attached hydrogen (secondary N) is 1. The van der Waals surface area contributed by atoms with Crippen molar-refractivity contribution in [2.24, 2.45) is 0 Å². The Morgan fingerprint density at radius 2 is 2.54 bits per heavy atom. The highest BCUT2D eigenvalue weighted by atomic mass is 16.7. The van der Waals surface area contributed by atoms with Crippen LogP contribution in [0.1, 0.15) is 13.8 Å². The van der Waals surface area contributed by atoms with Gasteiger partial charge in [-0.05, 0) is 13.8 Å². The Bertz CT molecular complexity index is 186. The van der Waals surface area contributed by atoms with Crippen molar-refractivity contribution in [3.8, 4) is 0 Å². The summed E-state index contributed by atoms with van der Waals surface area (Å²) < 4.78 is 0. The van der Waals surface area contributed by atoms with E-state index < -0.39 is 6.10 Å². The lowest BCUT2D eigenvalue weighted by Crippen LogP contribution is -2.43. The summed E-state index contributed by atoms with van der Waals surface area (Å²) in [7, 11) is 0. The highest BCUT2D eigenvalue weighted by molar-refractivity contribution is 5.81. The average molecular weight is 188 g/mol. The predicted octanol–water partition coefficient (Wildman–Crippen LogP) is -0.881. The predicted molar refractivity (Wildman–Crippen MR) is 46.8 cm³/mol. The molecule has 1 fully saturated rings. The van der Waals surface area contributed by atoms with Gasteiger partial charge in [0.2, 0.25) is 5.91 Å². The molecule has 0 bridgehead atoms. The van der Waals surface area contributed by atoms with E-state index in [-0.39, 0.29) is 18.6 Å². The van der Waals surface area contributed by atoms with Crippen LogP contribution in [0.4, 0.5) is 0 Å². The number of hydrogen-bond donors (Lipinski definition) is 2. The molecule has 0 spiro atoms. The topological polar surface area (TPSA) is 61.8 Å². The minimum atomic E-state index is -0.475. The number of hydrogen-bond acceptors (Lipinski definition) is 4. The molecule has 1 aliphatic heterocycles. The number of aliphatic hydroxyl groups is 1. The van der Waals surface area contributed by atoms with Gasteiger partial charge in [0.1, 0.15) is 6.04 Å². The Labute approximate surface area is 77.6 Å².